The molecule has 394 valence electrons. The minimum absolute atomic E-state index is 0.0920. The van der Waals surface area contributed by atoms with Crippen molar-refractivity contribution in [3.05, 3.63) is 59.3 Å². The van der Waals surface area contributed by atoms with E-state index in [4.69, 9.17) is 51.8 Å². The van der Waals surface area contributed by atoms with Gasteiger partial charge in [0.05, 0.1) is 43.2 Å². The van der Waals surface area contributed by atoms with E-state index in [2.05, 4.69) is 91.9 Å². The van der Waals surface area contributed by atoms with Crippen LogP contribution in [0.4, 0.5) is 0 Å². The summed E-state index contributed by atoms with van der Waals surface area (Å²) in [7, 11) is 0.847. The third-order valence-corrected chi connectivity index (χ3v) is 21.1. The van der Waals surface area contributed by atoms with Crippen LogP contribution in [0.15, 0.2) is 64.4 Å². The highest BCUT2D eigenvalue weighted by molar-refractivity contribution is 6.74. The molecular formula is C54H85NO14Si. The number of fused-ring (bicyclic) bond motifs is 2. The fourth-order valence-corrected chi connectivity index (χ4v) is 12.5. The van der Waals surface area contributed by atoms with Gasteiger partial charge < -0.3 is 62.1 Å². The van der Waals surface area contributed by atoms with Crippen LogP contribution < -0.4 is 0 Å². The molecule has 2 bridgehead atoms. The van der Waals surface area contributed by atoms with Gasteiger partial charge in [-0.1, -0.05) is 96.5 Å². The van der Waals surface area contributed by atoms with E-state index in [9.17, 15) is 15.1 Å². The number of nitrogens with zero attached hydrogens (tertiary/aromatic N) is 1. The molecule has 0 aromatic carbocycles. The first-order valence-corrected chi connectivity index (χ1v) is 28.8. The fraction of sp³-hybridized carbons (Fsp3) is 0.778. The highest BCUT2D eigenvalue weighted by atomic mass is 28.4. The maximum Gasteiger partial charge on any atom is 0.316 e. The molecule has 1 spiro atoms. The molecule has 1 aliphatic carbocycles. The zero-order valence-electron chi connectivity index (χ0n) is 44.5. The number of carbonyl (C=O) groups excluding carboxylic acids is 1. The largest absolute Gasteiger partial charge is 0.462 e. The van der Waals surface area contributed by atoms with Crippen LogP contribution >= 0.6 is 0 Å². The molecule has 7 rings (SSSR count). The highest BCUT2D eigenvalue weighted by Crippen LogP contribution is 2.50. The summed E-state index contributed by atoms with van der Waals surface area (Å²) in [5.41, 5.74) is 1.04. The van der Waals surface area contributed by atoms with Gasteiger partial charge in [0, 0.05) is 51.7 Å². The molecule has 6 aliphatic heterocycles. The van der Waals surface area contributed by atoms with Crippen molar-refractivity contribution in [2.24, 2.45) is 28.8 Å². The van der Waals surface area contributed by atoms with Gasteiger partial charge in [0.15, 0.2) is 26.7 Å². The number of esters is 1. The predicted octanol–water partition coefficient (Wildman–Crippen LogP) is 8.88. The number of methoxy groups -OCH3 is 2. The molecule has 0 unspecified atom stereocenters. The van der Waals surface area contributed by atoms with E-state index in [0.717, 1.165) is 17.6 Å². The molecular weight excluding hydrogens is 915 g/mol. The molecule has 19 atom stereocenters. The standard InChI is InChI=1S/C54H85NO14Si/c1-16-30(2)47-33(5)22-23-53(68-47)28-39-25-38(67-53)21-20-32(4)46(65-44-27-42(60-13)49(36(8)63-44)66-43-26-41(59-12)45(55-58)35(7)62-43)31(3)18-17-19-37-29-61-50-48(69-70(14,15)52(9,10)11)34(6)24-40(51(56)64-39)54(37,50)57/h17-20,22-24,30-31,33,35-36,38-44,46-50,57-58H,16,21,25-29H2,1-15H3/b18-17+,32-20+,37-19+,55-45-/t30-,31-,33-,35-,36-,38+,39-,40-,41-,42-,43-,44-,46-,47+,48+,49-,50+,53+,54+/m0/s1. The molecule has 7 aliphatic rings. The van der Waals surface area contributed by atoms with Crippen molar-refractivity contribution in [3.8, 4) is 0 Å². The molecule has 70 heavy (non-hydrogen) atoms. The van der Waals surface area contributed by atoms with Gasteiger partial charge in [0.1, 0.15) is 47.8 Å². The van der Waals surface area contributed by atoms with E-state index < -0.39 is 99.1 Å². The maximum absolute atomic E-state index is 14.9. The van der Waals surface area contributed by atoms with E-state index in [1.54, 1.807) is 21.1 Å². The van der Waals surface area contributed by atoms with Crippen LogP contribution in [-0.2, 0) is 56.6 Å². The zero-order valence-corrected chi connectivity index (χ0v) is 45.5. The van der Waals surface area contributed by atoms with Crippen molar-refractivity contribution in [1.29, 1.82) is 0 Å². The Morgan fingerprint density at radius 3 is 2.33 bits per heavy atom. The third kappa shape index (κ3) is 11.4. The number of hydrogen-bond acceptors (Lipinski definition) is 15. The first kappa shape index (κ1) is 55.2. The first-order chi connectivity index (χ1) is 33.0. The van der Waals surface area contributed by atoms with Gasteiger partial charge >= 0.3 is 5.97 Å². The molecule has 6 heterocycles. The van der Waals surface area contributed by atoms with Gasteiger partial charge in [-0.15, -0.1) is 0 Å². The van der Waals surface area contributed by atoms with Crippen LogP contribution in [-0.4, -0.2) is 142 Å². The molecule has 4 saturated heterocycles. The van der Waals surface area contributed by atoms with E-state index in [1.807, 2.05) is 38.2 Å². The number of carbonyl (C=O) groups is 1. The number of hydrogen-bond donors (Lipinski definition) is 2. The molecule has 2 N–H and O–H groups in total. The van der Waals surface area contributed by atoms with E-state index in [1.165, 1.54) is 0 Å². The Labute approximate surface area is 418 Å². The number of allylic oxidation sites excluding steroid dienone is 2. The average Bonchev–Trinajstić information content (AvgIpc) is 3.64. The lowest BCUT2D eigenvalue weighted by molar-refractivity contribution is -0.302. The normalized spacial score (nSPS) is 44.9. The lowest BCUT2D eigenvalue weighted by Crippen LogP contribution is -2.60. The van der Waals surface area contributed by atoms with Crippen LogP contribution in [0, 0.1) is 23.7 Å². The third-order valence-electron chi connectivity index (χ3n) is 16.7. The van der Waals surface area contributed by atoms with Crippen molar-refractivity contribution >= 4 is 20.0 Å². The molecule has 0 aromatic heterocycles. The Morgan fingerprint density at radius 2 is 1.66 bits per heavy atom. The second-order valence-electron chi connectivity index (χ2n) is 22.7. The van der Waals surface area contributed by atoms with E-state index in [0.29, 0.717) is 43.4 Å². The Morgan fingerprint density at radius 1 is 0.929 bits per heavy atom. The van der Waals surface area contributed by atoms with Gasteiger partial charge in [-0.2, -0.15) is 0 Å². The molecule has 4 fully saturated rings. The van der Waals surface area contributed by atoms with Gasteiger partial charge in [0.25, 0.3) is 0 Å². The van der Waals surface area contributed by atoms with E-state index in [-0.39, 0.29) is 41.6 Å². The van der Waals surface area contributed by atoms with Crippen molar-refractivity contribution < 1.29 is 66.9 Å². The predicted molar refractivity (Wildman–Crippen MR) is 267 cm³/mol. The minimum atomic E-state index is -2.38. The number of aliphatic hydroxyl groups is 1. The quantitative estimate of drug-likeness (QED) is 0.0699. The summed E-state index contributed by atoms with van der Waals surface area (Å²) in [4.78, 5) is 14.9. The number of rotatable bonds is 10. The monoisotopic (exact) mass is 1000 g/mol. The Balaban J connectivity index is 1.22. The molecule has 0 saturated carbocycles. The lowest BCUT2D eigenvalue weighted by Gasteiger charge is -2.49. The van der Waals surface area contributed by atoms with Gasteiger partial charge in [0.2, 0.25) is 0 Å². The van der Waals surface area contributed by atoms with Crippen LogP contribution in [0.1, 0.15) is 115 Å². The molecule has 0 radical (unpaired) electrons. The number of oxime groups is 1. The molecule has 0 aromatic rings. The Kier molecular flexibility index (Phi) is 17.4. The summed E-state index contributed by atoms with van der Waals surface area (Å²) >= 11 is 0. The second-order valence-corrected chi connectivity index (χ2v) is 27.5. The van der Waals surface area contributed by atoms with Crippen LogP contribution in [0.3, 0.4) is 0 Å². The summed E-state index contributed by atoms with van der Waals surface area (Å²) in [5.74, 6) is -2.43. The van der Waals surface area contributed by atoms with Gasteiger partial charge in [-0.05, 0) is 81.0 Å². The van der Waals surface area contributed by atoms with Crippen LogP contribution in [0.2, 0.25) is 18.1 Å². The fourth-order valence-electron chi connectivity index (χ4n) is 11.2. The van der Waals surface area contributed by atoms with Crippen molar-refractivity contribution in [3.63, 3.8) is 0 Å². The van der Waals surface area contributed by atoms with Crippen molar-refractivity contribution in [2.75, 3.05) is 20.8 Å². The lowest BCUT2D eigenvalue weighted by atomic mass is 9.71. The summed E-state index contributed by atoms with van der Waals surface area (Å²) < 4.78 is 72.1. The van der Waals surface area contributed by atoms with E-state index >= 15 is 0 Å². The Bertz CT molecular complexity index is 2030. The highest BCUT2D eigenvalue weighted by Gasteiger charge is 2.62. The summed E-state index contributed by atoms with van der Waals surface area (Å²) in [6, 6.07) is 0. The minimum Gasteiger partial charge on any atom is -0.462 e. The smallest absolute Gasteiger partial charge is 0.316 e. The second kappa shape index (κ2) is 22.1. The molecule has 0 amide bonds. The average molecular weight is 1000 g/mol. The first-order valence-electron chi connectivity index (χ1n) is 25.9. The molecule has 15 nitrogen and oxygen atoms in total. The van der Waals surface area contributed by atoms with Crippen LogP contribution in [0.25, 0.3) is 0 Å². The zero-order chi connectivity index (χ0) is 51.1. The van der Waals surface area contributed by atoms with Crippen molar-refractivity contribution in [1.82, 2.24) is 0 Å². The number of ether oxygens (including phenoxy) is 10. The Hall–Kier alpha value is -2.58. The SMILES string of the molecule is CC[C@H](C)[C@H]1O[C@]2(C=C[C@@H]1C)C[C@@H]1C[C@@H](C/C=C(\C)[C@@H](O[C@H]3C[C@H](OC)[C@@H](O[C@H]4C[C@H](OC)/C(=N\O)[C@H](C)O4)[C@H](C)O3)[C@@H](C)/C=C/C=C3\CO[C@@H]4[C@H](O[Si](C)(C)C(C)(C)C)C(C)=C[C@@H](C(=O)O1)[C@]34O)O2. The summed E-state index contributed by atoms with van der Waals surface area (Å²) in [6.07, 6.45) is 10.5. The summed E-state index contributed by atoms with van der Waals surface area (Å²) in [6.45, 7) is 27.5. The topological polar surface area (TPSA) is 171 Å². The molecule has 16 heteroatoms. The summed E-state index contributed by atoms with van der Waals surface area (Å²) in [5, 5.41) is 26.1. The van der Waals surface area contributed by atoms with Gasteiger partial charge in [-0.3, -0.25) is 4.79 Å². The van der Waals surface area contributed by atoms with Gasteiger partial charge in [-0.25, -0.2) is 0 Å². The van der Waals surface area contributed by atoms with Crippen LogP contribution in [0.5, 0.6) is 0 Å². The van der Waals surface area contributed by atoms with Crippen molar-refractivity contribution in [2.45, 2.75) is 224 Å². The maximum atomic E-state index is 14.9.